The molecule has 0 aliphatic carbocycles. The fourth-order valence-corrected chi connectivity index (χ4v) is 2.78. The SMILES string of the molecule is COC(=O)c1ccc(Br)c(Cn2cnnn2)c1Br. The number of esters is 1. The summed E-state index contributed by atoms with van der Waals surface area (Å²) >= 11 is 6.84. The second-order valence-electron chi connectivity index (χ2n) is 3.39. The Hall–Kier alpha value is -1.28. The molecule has 2 rings (SSSR count). The fraction of sp³-hybridized carbons (Fsp3) is 0.200. The number of nitrogens with zero attached hydrogens (tertiary/aromatic N) is 4. The van der Waals surface area contributed by atoms with E-state index in [1.807, 2.05) is 0 Å². The predicted molar refractivity (Wildman–Crippen MR) is 70.1 cm³/mol. The maximum Gasteiger partial charge on any atom is 0.339 e. The zero-order chi connectivity index (χ0) is 13.1. The van der Waals surface area contributed by atoms with E-state index in [1.54, 1.807) is 16.8 Å². The van der Waals surface area contributed by atoms with Gasteiger partial charge < -0.3 is 4.74 Å². The summed E-state index contributed by atoms with van der Waals surface area (Å²) in [5.74, 6) is -0.396. The van der Waals surface area contributed by atoms with Crippen LogP contribution in [0.4, 0.5) is 0 Å². The van der Waals surface area contributed by atoms with Crippen molar-refractivity contribution in [2.24, 2.45) is 0 Å². The van der Waals surface area contributed by atoms with Gasteiger partial charge in [0.2, 0.25) is 0 Å². The van der Waals surface area contributed by atoms with E-state index in [4.69, 9.17) is 4.74 Å². The number of hydrogen-bond acceptors (Lipinski definition) is 5. The minimum absolute atomic E-state index is 0.396. The number of rotatable bonds is 3. The highest BCUT2D eigenvalue weighted by molar-refractivity contribution is 9.11. The summed E-state index contributed by atoms with van der Waals surface area (Å²) in [7, 11) is 1.35. The minimum atomic E-state index is -0.396. The van der Waals surface area contributed by atoms with E-state index < -0.39 is 5.97 Å². The molecule has 0 unspecified atom stereocenters. The van der Waals surface area contributed by atoms with Gasteiger partial charge in [0, 0.05) is 14.5 Å². The molecule has 0 saturated heterocycles. The summed E-state index contributed by atoms with van der Waals surface area (Å²) in [4.78, 5) is 11.6. The van der Waals surface area contributed by atoms with Gasteiger partial charge in [0.1, 0.15) is 6.33 Å². The first-order valence-corrected chi connectivity index (χ1v) is 6.48. The molecule has 94 valence electrons. The van der Waals surface area contributed by atoms with Crippen molar-refractivity contribution in [3.05, 3.63) is 38.5 Å². The third kappa shape index (κ3) is 2.59. The highest BCUT2D eigenvalue weighted by atomic mass is 79.9. The van der Waals surface area contributed by atoms with E-state index in [2.05, 4.69) is 47.4 Å². The van der Waals surface area contributed by atoms with Gasteiger partial charge in [-0.15, -0.1) is 5.10 Å². The predicted octanol–water partition coefficient (Wildman–Crippen LogP) is 2.03. The van der Waals surface area contributed by atoms with Gasteiger partial charge in [-0.25, -0.2) is 9.48 Å². The van der Waals surface area contributed by atoms with Crippen LogP contribution < -0.4 is 0 Å². The zero-order valence-electron chi connectivity index (χ0n) is 9.30. The third-order valence-corrected chi connectivity index (χ3v) is 3.95. The molecule has 1 heterocycles. The molecule has 6 nitrogen and oxygen atoms in total. The first-order chi connectivity index (χ1) is 8.63. The van der Waals surface area contributed by atoms with Crippen LogP contribution in [0.2, 0.25) is 0 Å². The van der Waals surface area contributed by atoms with E-state index in [1.165, 1.54) is 13.4 Å². The molecule has 0 aliphatic heterocycles. The Labute approximate surface area is 120 Å². The molecule has 0 atom stereocenters. The Morgan fingerprint density at radius 3 is 2.83 bits per heavy atom. The summed E-state index contributed by atoms with van der Waals surface area (Å²) in [5, 5.41) is 10.9. The molecule has 0 aliphatic rings. The van der Waals surface area contributed by atoms with Crippen LogP contribution in [0, 0.1) is 0 Å². The molecule has 0 saturated carbocycles. The number of carbonyl (C=O) groups is 1. The highest BCUT2D eigenvalue weighted by Crippen LogP contribution is 2.29. The molecule has 0 radical (unpaired) electrons. The largest absolute Gasteiger partial charge is 0.465 e. The van der Waals surface area contributed by atoms with Gasteiger partial charge in [-0.2, -0.15) is 0 Å². The topological polar surface area (TPSA) is 69.9 Å². The lowest BCUT2D eigenvalue weighted by Gasteiger charge is -2.10. The summed E-state index contributed by atoms with van der Waals surface area (Å²) in [5.41, 5.74) is 1.33. The van der Waals surface area contributed by atoms with E-state index in [0.29, 0.717) is 16.6 Å². The monoisotopic (exact) mass is 374 g/mol. The lowest BCUT2D eigenvalue weighted by atomic mass is 10.1. The molecular weight excluding hydrogens is 368 g/mol. The van der Waals surface area contributed by atoms with E-state index >= 15 is 0 Å². The van der Waals surface area contributed by atoms with Crippen molar-refractivity contribution in [2.75, 3.05) is 7.11 Å². The molecule has 0 spiro atoms. The van der Waals surface area contributed by atoms with Crippen LogP contribution in [0.25, 0.3) is 0 Å². The number of tetrazole rings is 1. The van der Waals surface area contributed by atoms with E-state index in [-0.39, 0.29) is 0 Å². The average molecular weight is 376 g/mol. The van der Waals surface area contributed by atoms with Crippen LogP contribution in [0.1, 0.15) is 15.9 Å². The van der Waals surface area contributed by atoms with Crippen molar-refractivity contribution >= 4 is 37.8 Å². The second kappa shape index (κ2) is 5.57. The van der Waals surface area contributed by atoms with Crippen molar-refractivity contribution in [1.29, 1.82) is 0 Å². The van der Waals surface area contributed by atoms with Crippen LogP contribution >= 0.6 is 31.9 Å². The summed E-state index contributed by atoms with van der Waals surface area (Å²) in [6.45, 7) is 0.443. The normalized spacial score (nSPS) is 10.4. The van der Waals surface area contributed by atoms with Crippen LogP contribution in [0.15, 0.2) is 27.4 Å². The molecule has 0 N–H and O–H groups in total. The van der Waals surface area contributed by atoms with Gasteiger partial charge in [0.25, 0.3) is 0 Å². The quantitative estimate of drug-likeness (QED) is 0.767. The standard InChI is InChI=1S/C10H8Br2N4O2/c1-18-10(17)6-2-3-8(11)7(9(6)12)4-16-5-13-14-15-16/h2-3,5H,4H2,1H3. The highest BCUT2D eigenvalue weighted by Gasteiger charge is 2.16. The summed E-state index contributed by atoms with van der Waals surface area (Å²) < 4.78 is 7.80. The van der Waals surface area contributed by atoms with Gasteiger partial charge in [-0.05, 0) is 38.5 Å². The molecule has 2 aromatic rings. The van der Waals surface area contributed by atoms with Gasteiger partial charge in [-0.3, -0.25) is 0 Å². The molecule has 1 aromatic carbocycles. The smallest absolute Gasteiger partial charge is 0.339 e. The summed E-state index contributed by atoms with van der Waals surface area (Å²) in [6.07, 6.45) is 1.50. The van der Waals surface area contributed by atoms with Crippen LogP contribution in [0.3, 0.4) is 0 Å². The molecule has 0 bridgehead atoms. The van der Waals surface area contributed by atoms with Gasteiger partial charge in [-0.1, -0.05) is 15.9 Å². The van der Waals surface area contributed by atoms with Crippen molar-refractivity contribution in [1.82, 2.24) is 20.2 Å². The van der Waals surface area contributed by atoms with Crippen molar-refractivity contribution in [2.45, 2.75) is 6.54 Å². The number of ether oxygens (including phenoxy) is 1. The Kier molecular flexibility index (Phi) is 4.07. The number of methoxy groups -OCH3 is 1. The maximum atomic E-state index is 11.6. The number of hydrogen-bond donors (Lipinski definition) is 0. The van der Waals surface area contributed by atoms with Crippen molar-refractivity contribution in [3.63, 3.8) is 0 Å². The van der Waals surface area contributed by atoms with Gasteiger partial charge >= 0.3 is 5.97 Å². The molecule has 1 aromatic heterocycles. The zero-order valence-corrected chi connectivity index (χ0v) is 12.5. The van der Waals surface area contributed by atoms with Crippen LogP contribution in [-0.4, -0.2) is 33.3 Å². The third-order valence-electron chi connectivity index (χ3n) is 2.30. The molecular formula is C10H8Br2N4O2. The first kappa shape index (κ1) is 13.2. The number of halogens is 2. The molecule has 18 heavy (non-hydrogen) atoms. The molecule has 0 fully saturated rings. The Morgan fingerprint density at radius 1 is 1.44 bits per heavy atom. The van der Waals surface area contributed by atoms with Crippen molar-refractivity contribution in [3.8, 4) is 0 Å². The molecule has 0 amide bonds. The maximum absolute atomic E-state index is 11.6. The Bertz CT molecular complexity index is 572. The van der Waals surface area contributed by atoms with Crippen LogP contribution in [-0.2, 0) is 11.3 Å². The lowest BCUT2D eigenvalue weighted by molar-refractivity contribution is 0.0599. The van der Waals surface area contributed by atoms with Gasteiger partial charge in [0.05, 0.1) is 19.2 Å². The Morgan fingerprint density at radius 2 is 2.22 bits per heavy atom. The number of carbonyl (C=O) groups excluding carboxylic acids is 1. The average Bonchev–Trinajstić information content (AvgIpc) is 2.86. The second-order valence-corrected chi connectivity index (χ2v) is 5.03. The lowest BCUT2D eigenvalue weighted by Crippen LogP contribution is -2.07. The van der Waals surface area contributed by atoms with E-state index in [9.17, 15) is 4.79 Å². The minimum Gasteiger partial charge on any atom is -0.465 e. The molecule has 8 heteroatoms. The van der Waals surface area contributed by atoms with Crippen molar-refractivity contribution < 1.29 is 9.53 Å². The van der Waals surface area contributed by atoms with Crippen LogP contribution in [0.5, 0.6) is 0 Å². The van der Waals surface area contributed by atoms with E-state index in [0.717, 1.165) is 10.0 Å². The Balaban J connectivity index is 2.42. The summed E-state index contributed by atoms with van der Waals surface area (Å²) in [6, 6.07) is 3.47. The number of benzene rings is 1. The fourth-order valence-electron chi connectivity index (χ4n) is 1.42. The van der Waals surface area contributed by atoms with Gasteiger partial charge in [0.15, 0.2) is 0 Å². The number of aromatic nitrogens is 4. The first-order valence-electron chi connectivity index (χ1n) is 4.89.